The van der Waals surface area contributed by atoms with Crippen LogP contribution in [0.25, 0.3) is 0 Å². The quantitative estimate of drug-likeness (QED) is 0.0197. The monoisotopic (exact) mass is 1580 g/mol. The van der Waals surface area contributed by atoms with Gasteiger partial charge in [0.2, 0.25) is 54.7 Å². The summed E-state index contributed by atoms with van der Waals surface area (Å²) in [5.41, 5.74) is 3.94. The molecule has 0 heterocycles. The molecule has 0 aliphatic heterocycles. The Bertz CT molecular complexity index is 3320. The van der Waals surface area contributed by atoms with E-state index in [1.54, 1.807) is 72.8 Å². The fourth-order valence-electron chi connectivity index (χ4n) is 9.34. The second kappa shape index (κ2) is 50.6. The molecule has 0 fully saturated rings. The van der Waals surface area contributed by atoms with E-state index < -0.39 is 218 Å². The molecule has 0 unspecified atom stereocenters. The van der Waals surface area contributed by atoms with Crippen LogP contribution in [0, 0.1) is 17.8 Å². The lowest BCUT2D eigenvalue weighted by molar-refractivity contribution is -0.145. The molecule has 108 heavy (non-hydrogen) atoms. The predicted octanol–water partition coefficient (Wildman–Crippen LogP) is -3.05. The van der Waals surface area contributed by atoms with Crippen LogP contribution in [0.15, 0.2) is 72.8 Å². The molecule has 0 saturated carbocycles. The second-order valence-corrected chi connectivity index (χ2v) is 24.4. The van der Waals surface area contributed by atoms with E-state index in [-0.39, 0.29) is 56.2 Å². The number of nitrogens with one attached hydrogen (secondary N) is 9. The smallest absolute Gasteiger partial charge is 0.327 e. The molecule has 42 heteroatoms. The molecule has 0 spiro atoms. The highest BCUT2D eigenvalue weighted by atomic mass is 32.1. The number of hydrogen-bond acceptors (Lipinski definition) is 24. The van der Waals surface area contributed by atoms with E-state index in [9.17, 15) is 101 Å². The zero-order valence-electron chi connectivity index (χ0n) is 57.0. The normalized spacial score (nSPS) is 12.9. The Morgan fingerprint density at radius 3 is 0.639 bits per heavy atom. The van der Waals surface area contributed by atoms with Crippen molar-refractivity contribution in [3.63, 3.8) is 0 Å². The van der Waals surface area contributed by atoms with Crippen molar-refractivity contribution in [2.75, 3.05) is 17.3 Å². The molecular weight excluding hydrogens is 1490 g/mol. The van der Waals surface area contributed by atoms with Crippen LogP contribution in [0.5, 0.6) is 0 Å². The fraction of sp³-hybridized carbons (Fsp3) is 0.409. The summed E-state index contributed by atoms with van der Waals surface area (Å²) in [5.74, 6) is -26.0. The first kappa shape index (κ1) is 94.2. The summed E-state index contributed by atoms with van der Waals surface area (Å²) >= 11 is 11.4. The Labute approximate surface area is 629 Å². The minimum atomic E-state index is -1.55. The first-order valence-corrected chi connectivity index (χ1v) is 33.7. The van der Waals surface area contributed by atoms with Crippen LogP contribution >= 0.6 is 37.9 Å². The molecule has 588 valence electrons. The zero-order chi connectivity index (χ0) is 81.8. The van der Waals surface area contributed by atoms with Gasteiger partial charge in [-0.2, -0.15) is 37.9 Å². The highest BCUT2D eigenvalue weighted by Crippen LogP contribution is 2.19. The van der Waals surface area contributed by atoms with Gasteiger partial charge in [0.1, 0.15) is 18.1 Å². The van der Waals surface area contributed by atoms with Gasteiger partial charge in [-0.05, 0) is 33.4 Å². The van der Waals surface area contributed by atoms with Crippen LogP contribution in [0.1, 0.15) is 91.2 Å². The van der Waals surface area contributed by atoms with Crippen molar-refractivity contribution in [3.8, 4) is 0 Å². The largest absolute Gasteiger partial charge is 0.481 e. The van der Waals surface area contributed by atoms with Crippen LogP contribution < -0.4 is 47.9 Å². The second-order valence-electron chi connectivity index (χ2n) is 23.3. The van der Waals surface area contributed by atoms with Gasteiger partial charge in [0.05, 0.1) is 93.7 Å². The first-order valence-electron chi connectivity index (χ1n) is 31.8. The summed E-state index contributed by atoms with van der Waals surface area (Å²) in [4.78, 5) is 245. The minimum absolute atomic E-state index is 0.202. The number of aliphatic carboxylic acids is 9. The van der Waals surface area contributed by atoms with Crippen LogP contribution in [-0.4, -0.2) is 225 Å². The average molecular weight is 1580 g/mol. The van der Waals surface area contributed by atoms with Gasteiger partial charge >= 0.3 is 53.7 Å². The van der Waals surface area contributed by atoms with Gasteiger partial charge in [-0.15, -0.1) is 0 Å². The summed E-state index contributed by atoms with van der Waals surface area (Å²) in [5, 5.41) is 103. The number of thiol groups is 3. The van der Waals surface area contributed by atoms with E-state index in [2.05, 4.69) is 85.7 Å². The van der Waals surface area contributed by atoms with Gasteiger partial charge < -0.3 is 93.8 Å². The molecule has 0 radical (unpaired) electrons. The van der Waals surface area contributed by atoms with E-state index in [0.717, 1.165) is 16.7 Å². The maximum atomic E-state index is 12.8. The predicted molar refractivity (Wildman–Crippen MR) is 378 cm³/mol. The van der Waals surface area contributed by atoms with Gasteiger partial charge in [0, 0.05) is 56.2 Å². The van der Waals surface area contributed by atoms with Crippen molar-refractivity contribution >= 4 is 164 Å². The van der Waals surface area contributed by atoms with Crippen molar-refractivity contribution in [2.45, 2.75) is 133 Å². The topological polar surface area (TPSA) is 649 Å². The lowest BCUT2D eigenvalue weighted by Crippen LogP contribution is -2.47. The Balaban J connectivity index is 0.000000810. The van der Waals surface area contributed by atoms with E-state index >= 15 is 0 Å². The number of hydrogen-bond donors (Lipinski definition) is 21. The van der Waals surface area contributed by atoms with Crippen LogP contribution in [-0.2, 0) is 140 Å². The van der Waals surface area contributed by atoms with Crippen LogP contribution in [0.4, 0.5) is 0 Å². The van der Waals surface area contributed by atoms with Gasteiger partial charge in [0.15, 0.2) is 17.3 Å². The van der Waals surface area contributed by atoms with Crippen molar-refractivity contribution < 1.29 is 147 Å². The van der Waals surface area contributed by atoms with Crippen molar-refractivity contribution in [1.29, 1.82) is 0 Å². The summed E-state index contributed by atoms with van der Waals surface area (Å²) in [7, 11) is 0. The van der Waals surface area contributed by atoms with Gasteiger partial charge in [0.25, 0.3) is 0 Å². The Morgan fingerprint density at radius 1 is 0.278 bits per heavy atom. The van der Waals surface area contributed by atoms with Gasteiger partial charge in [-0.1, -0.05) is 72.8 Å². The standard InChI is InChI=1S/3C22H27N3O10S/c3*26-11-23-9-13-3-1-12(2-4-13)5-18(28)24-15(8-20(31)32)17(27)6-14(7-19(29)30)21(33)25-16(10-36)22(34)35/h3*1-4,11,14-16,36H,5-10H2,(H,23,26)(H,24,28)(H,25,33)(H,29,30)(H,31,32)(H,34,35)/t14-,15-,16+;2*14-,15-,16-/m110/s1. The lowest BCUT2D eigenvalue weighted by atomic mass is 9.93. The molecular formula is C66H81N9O30S3. The highest BCUT2D eigenvalue weighted by molar-refractivity contribution is 7.80. The molecule has 18 N–H and O–H groups in total. The Kier molecular flexibility index (Phi) is 44.1. The van der Waals surface area contributed by atoms with Crippen molar-refractivity contribution in [3.05, 3.63) is 106 Å². The van der Waals surface area contributed by atoms with E-state index in [0.29, 0.717) is 35.9 Å². The maximum Gasteiger partial charge on any atom is 0.327 e. The average Bonchev–Trinajstić information content (AvgIpc) is 0.874. The molecule has 3 aromatic carbocycles. The summed E-state index contributed by atoms with van der Waals surface area (Å²) in [6.45, 7) is 0.867. The van der Waals surface area contributed by atoms with Gasteiger partial charge in [-0.3, -0.25) is 86.3 Å². The number of amides is 9. The summed E-state index contributed by atoms with van der Waals surface area (Å²) < 4.78 is 0. The SMILES string of the molecule is O=CNCc1ccc(CC(=O)N[C@@H](CC(=O)O)C(=O)C[C@@H](CC(=O)O)C(=O)N[C@@H](CS)C(=O)O)cc1.O=CNCc1ccc(CC(=O)N[C@H](CC(=O)O)C(=O)C[C@H](CC(=O)O)C(=O)N[C@@H](CS)C(=O)O)cc1.O=CNCc1ccc(CC(=O)N[C@H](CC(=O)O)C(=O)C[C@H](CC(=O)O)C(=O)N[C@H](CS)C(=O)O)cc1. The zero-order valence-corrected chi connectivity index (χ0v) is 59.7. The molecule has 0 aliphatic rings. The first-order chi connectivity index (χ1) is 50.9. The molecule has 3 aromatic rings. The van der Waals surface area contributed by atoms with Crippen LogP contribution in [0.3, 0.4) is 0 Å². The molecule has 9 amide bonds. The Hall–Kier alpha value is -11.8. The highest BCUT2D eigenvalue weighted by Gasteiger charge is 2.36. The number of carboxylic acid groups (broad SMARTS) is 9. The third-order valence-electron chi connectivity index (χ3n) is 14.7. The maximum absolute atomic E-state index is 12.8. The Morgan fingerprint density at radius 2 is 0.472 bits per heavy atom. The molecule has 0 saturated heterocycles. The van der Waals surface area contributed by atoms with Crippen molar-refractivity contribution in [2.24, 2.45) is 17.8 Å². The number of carbonyl (C=O) groups excluding carboxylic acids is 12. The number of carbonyl (C=O) groups is 21. The third kappa shape index (κ3) is 39.3. The van der Waals surface area contributed by atoms with E-state index in [4.69, 9.17) is 46.0 Å². The lowest BCUT2D eigenvalue weighted by Gasteiger charge is -2.21. The molecule has 0 bridgehead atoms. The number of benzene rings is 3. The van der Waals surface area contributed by atoms with Crippen molar-refractivity contribution in [1.82, 2.24) is 47.9 Å². The number of carboxylic acids is 9. The number of ketones is 3. The van der Waals surface area contributed by atoms with E-state index in [1.165, 1.54) is 0 Å². The van der Waals surface area contributed by atoms with E-state index in [1.807, 2.05) is 0 Å². The van der Waals surface area contributed by atoms with Crippen LogP contribution in [0.2, 0.25) is 0 Å². The fourth-order valence-corrected chi connectivity index (χ4v) is 10.1. The molecule has 39 nitrogen and oxygen atoms in total. The van der Waals surface area contributed by atoms with Gasteiger partial charge in [-0.25, -0.2) is 14.4 Å². The number of Topliss-reactive ketones (excluding diaryl/α,β-unsaturated/α-hetero) is 3. The molecule has 3 rings (SSSR count). The number of rotatable bonds is 51. The summed E-state index contributed by atoms with van der Waals surface area (Å²) in [6.07, 6.45) is -6.12. The molecule has 0 aromatic heterocycles. The molecule has 0 aliphatic carbocycles. The minimum Gasteiger partial charge on any atom is -0.481 e. The molecule has 9 atom stereocenters. The third-order valence-corrected chi connectivity index (χ3v) is 15.8. The summed E-state index contributed by atoms with van der Waals surface area (Å²) in [6, 6.07) is 10.8.